The van der Waals surface area contributed by atoms with Crippen molar-refractivity contribution >= 4 is 23.5 Å². The molecular weight excluding hydrogens is 416 g/mol. The molecule has 0 N–H and O–H groups in total. The van der Waals surface area contributed by atoms with E-state index in [0.29, 0.717) is 11.3 Å². The summed E-state index contributed by atoms with van der Waals surface area (Å²) in [5, 5.41) is 10.6. The highest BCUT2D eigenvalue weighted by atomic mass is 16.5. The van der Waals surface area contributed by atoms with E-state index in [4.69, 9.17) is 9.47 Å². The molecule has 4 unspecified atom stereocenters. The molecule has 2 aromatic rings. The van der Waals surface area contributed by atoms with E-state index in [1.807, 2.05) is 74.2 Å². The number of carbonyl (C=O) groups excluding carboxylic acids is 2. The molecule has 6 nitrogen and oxygen atoms in total. The Morgan fingerprint density at radius 2 is 1.73 bits per heavy atom. The lowest BCUT2D eigenvalue weighted by molar-refractivity contribution is -0.150. The van der Waals surface area contributed by atoms with Gasteiger partial charge in [-0.25, -0.2) is 0 Å². The van der Waals surface area contributed by atoms with Gasteiger partial charge in [-0.3, -0.25) is 9.59 Å². The molecule has 2 heterocycles. The van der Waals surface area contributed by atoms with Gasteiger partial charge in [0, 0.05) is 17.0 Å². The van der Waals surface area contributed by atoms with Gasteiger partial charge in [0.15, 0.2) is 11.2 Å². The number of carbonyl (C=O) groups is 2. The van der Waals surface area contributed by atoms with Gasteiger partial charge in [0.25, 0.3) is 0 Å². The number of anilines is 1. The molecule has 1 saturated heterocycles. The first-order valence-electron chi connectivity index (χ1n) is 10.9. The maximum absolute atomic E-state index is 14.0. The summed E-state index contributed by atoms with van der Waals surface area (Å²) >= 11 is 0. The van der Waals surface area contributed by atoms with Crippen LogP contribution in [0.4, 0.5) is 5.69 Å². The van der Waals surface area contributed by atoms with E-state index in [0.717, 1.165) is 11.3 Å². The lowest BCUT2D eigenvalue weighted by Crippen LogP contribution is -2.48. The minimum Gasteiger partial charge on any atom is -0.497 e. The number of esters is 1. The van der Waals surface area contributed by atoms with Crippen LogP contribution in [0.15, 0.2) is 54.6 Å². The normalized spacial score (nSPS) is 25.6. The van der Waals surface area contributed by atoms with E-state index < -0.39 is 34.8 Å². The Bertz CT molecular complexity index is 1160. The van der Waals surface area contributed by atoms with Crippen molar-refractivity contribution in [2.24, 2.45) is 10.8 Å². The van der Waals surface area contributed by atoms with Crippen molar-refractivity contribution in [2.75, 3.05) is 19.1 Å². The molecule has 6 heteroatoms. The lowest BCUT2D eigenvalue weighted by atomic mass is 9.67. The van der Waals surface area contributed by atoms with Crippen molar-refractivity contribution in [1.82, 2.24) is 0 Å². The summed E-state index contributed by atoms with van der Waals surface area (Å²) in [5.74, 6) is -0.777. The van der Waals surface area contributed by atoms with Gasteiger partial charge in [-0.15, -0.1) is 0 Å². The zero-order valence-electron chi connectivity index (χ0n) is 19.5. The van der Waals surface area contributed by atoms with E-state index in [2.05, 4.69) is 6.07 Å². The molecule has 33 heavy (non-hydrogen) atoms. The van der Waals surface area contributed by atoms with E-state index >= 15 is 0 Å². The number of fused-ring (bicyclic) bond motifs is 3. The Balaban J connectivity index is 2.04. The molecule has 170 valence electrons. The second kappa shape index (κ2) is 8.08. The number of hydrogen-bond donors (Lipinski definition) is 0. The SMILES string of the molecule is COC(=O)C1(C#N)C(c2ccc(OC)cc2)C(C(=O)C(C)(C)C)N2c3ccccc3C=CC21. The van der Waals surface area contributed by atoms with Crippen LogP contribution in [-0.4, -0.2) is 38.1 Å². The number of nitriles is 1. The van der Waals surface area contributed by atoms with Gasteiger partial charge in [0.1, 0.15) is 5.75 Å². The summed E-state index contributed by atoms with van der Waals surface area (Å²) < 4.78 is 10.5. The largest absolute Gasteiger partial charge is 0.497 e. The molecule has 1 fully saturated rings. The quantitative estimate of drug-likeness (QED) is 0.652. The van der Waals surface area contributed by atoms with Crippen molar-refractivity contribution < 1.29 is 19.1 Å². The predicted octanol–water partition coefficient (Wildman–Crippen LogP) is 4.36. The summed E-state index contributed by atoms with van der Waals surface area (Å²) in [6.07, 6.45) is 3.77. The molecule has 2 aromatic carbocycles. The Labute approximate surface area is 194 Å². The van der Waals surface area contributed by atoms with Crippen LogP contribution in [0.5, 0.6) is 5.75 Å². The van der Waals surface area contributed by atoms with Crippen molar-refractivity contribution in [3.63, 3.8) is 0 Å². The van der Waals surface area contributed by atoms with Crippen molar-refractivity contribution in [3.05, 3.63) is 65.7 Å². The molecule has 0 amide bonds. The van der Waals surface area contributed by atoms with Gasteiger partial charge >= 0.3 is 5.97 Å². The van der Waals surface area contributed by atoms with E-state index in [1.54, 1.807) is 19.2 Å². The first-order valence-corrected chi connectivity index (χ1v) is 10.9. The minimum absolute atomic E-state index is 0.0422. The number of rotatable bonds is 4. The van der Waals surface area contributed by atoms with Crippen molar-refractivity contribution in [3.8, 4) is 11.8 Å². The van der Waals surface area contributed by atoms with Gasteiger partial charge in [-0.05, 0) is 29.3 Å². The van der Waals surface area contributed by atoms with Crippen LogP contribution >= 0.6 is 0 Å². The van der Waals surface area contributed by atoms with E-state index in [9.17, 15) is 14.9 Å². The maximum atomic E-state index is 14.0. The summed E-state index contributed by atoms with van der Waals surface area (Å²) in [6, 6.07) is 15.9. The zero-order valence-corrected chi connectivity index (χ0v) is 19.5. The third kappa shape index (κ3) is 3.31. The predicted molar refractivity (Wildman–Crippen MR) is 126 cm³/mol. The number of methoxy groups -OCH3 is 2. The number of ether oxygens (including phenoxy) is 2. The van der Waals surface area contributed by atoms with Crippen LogP contribution in [0.25, 0.3) is 6.08 Å². The number of ketones is 1. The Morgan fingerprint density at radius 3 is 2.30 bits per heavy atom. The average molecular weight is 445 g/mol. The fraction of sp³-hybridized carbons (Fsp3) is 0.370. The molecule has 0 aromatic heterocycles. The molecule has 0 radical (unpaired) electrons. The molecule has 0 spiro atoms. The number of benzene rings is 2. The van der Waals surface area contributed by atoms with Gasteiger partial charge in [-0.1, -0.05) is 63.3 Å². The minimum atomic E-state index is -1.61. The van der Waals surface area contributed by atoms with Gasteiger partial charge in [-0.2, -0.15) is 5.26 Å². The second-order valence-corrected chi connectivity index (χ2v) is 9.55. The molecule has 4 rings (SSSR count). The Hall–Kier alpha value is -3.59. The summed E-state index contributed by atoms with van der Waals surface area (Å²) in [4.78, 5) is 29.4. The van der Waals surface area contributed by atoms with Crippen molar-refractivity contribution in [1.29, 1.82) is 5.26 Å². The fourth-order valence-corrected chi connectivity index (χ4v) is 5.16. The molecule has 2 aliphatic rings. The van der Waals surface area contributed by atoms with Crippen molar-refractivity contribution in [2.45, 2.75) is 38.8 Å². The third-order valence-corrected chi connectivity index (χ3v) is 6.74. The number of Topliss-reactive ketones (excluding diaryl/α,β-unsaturated/α-hetero) is 1. The van der Waals surface area contributed by atoms with Gasteiger partial charge in [0.05, 0.1) is 32.4 Å². The molecule has 0 bridgehead atoms. The lowest BCUT2D eigenvalue weighted by Gasteiger charge is -2.37. The number of hydrogen-bond acceptors (Lipinski definition) is 6. The zero-order chi connectivity index (χ0) is 24.0. The van der Waals surface area contributed by atoms with Crippen LogP contribution in [0.2, 0.25) is 0 Å². The number of para-hydroxylation sites is 1. The summed E-state index contributed by atoms with van der Waals surface area (Å²) in [5.41, 5.74) is 0.168. The number of nitrogens with zero attached hydrogens (tertiary/aromatic N) is 2. The van der Waals surface area contributed by atoms with Crippen LogP contribution in [0, 0.1) is 22.2 Å². The van der Waals surface area contributed by atoms with E-state index in [-0.39, 0.29) is 5.78 Å². The topological polar surface area (TPSA) is 79.6 Å². The summed E-state index contributed by atoms with van der Waals surface area (Å²) in [6.45, 7) is 5.60. The smallest absolute Gasteiger partial charge is 0.329 e. The molecule has 4 atom stereocenters. The fourth-order valence-electron chi connectivity index (χ4n) is 5.16. The monoisotopic (exact) mass is 444 g/mol. The summed E-state index contributed by atoms with van der Waals surface area (Å²) in [7, 11) is 2.86. The maximum Gasteiger partial charge on any atom is 0.329 e. The van der Waals surface area contributed by atoms with Crippen LogP contribution in [0.3, 0.4) is 0 Å². The second-order valence-electron chi connectivity index (χ2n) is 9.55. The average Bonchev–Trinajstić information content (AvgIpc) is 3.13. The third-order valence-electron chi connectivity index (χ3n) is 6.74. The molecular formula is C27H28N2O4. The molecule has 0 saturated carbocycles. The highest BCUT2D eigenvalue weighted by Gasteiger charge is 2.67. The van der Waals surface area contributed by atoms with Crippen LogP contribution in [-0.2, 0) is 14.3 Å². The molecule has 0 aliphatic carbocycles. The molecule has 2 aliphatic heterocycles. The Morgan fingerprint density at radius 1 is 1.06 bits per heavy atom. The van der Waals surface area contributed by atoms with Gasteiger partial charge < -0.3 is 14.4 Å². The van der Waals surface area contributed by atoms with Gasteiger partial charge in [0.2, 0.25) is 0 Å². The van der Waals surface area contributed by atoms with Crippen LogP contribution in [0.1, 0.15) is 37.8 Å². The Kier molecular flexibility index (Phi) is 5.53. The first-order chi connectivity index (χ1) is 15.7. The first kappa shape index (κ1) is 22.6. The standard InChI is InChI=1S/C27H28N2O4/c1-26(2,3)24(30)23-22(18-10-13-19(32-4)14-11-18)27(16-28,25(31)33-5)21-15-12-17-8-6-7-9-20(17)29(21)23/h6-15,21-23H,1-5H3. The van der Waals surface area contributed by atoms with E-state index in [1.165, 1.54) is 7.11 Å². The van der Waals surface area contributed by atoms with Crippen LogP contribution < -0.4 is 9.64 Å². The highest BCUT2D eigenvalue weighted by molar-refractivity contribution is 5.99. The highest BCUT2D eigenvalue weighted by Crippen LogP contribution is 2.57.